The molecule has 0 aliphatic carbocycles. The second-order valence-electron chi connectivity index (χ2n) is 3.13. The number of rotatable bonds is 3. The quantitative estimate of drug-likeness (QED) is 0.788. The van der Waals surface area contributed by atoms with E-state index in [1.165, 1.54) is 6.33 Å². The molecule has 0 unspecified atom stereocenters. The average Bonchev–Trinajstić information content (AvgIpc) is 2.38. The van der Waals surface area contributed by atoms with Crippen molar-refractivity contribution in [3.05, 3.63) is 36.7 Å². The number of hydrogen-bond donors (Lipinski definition) is 0. The van der Waals surface area contributed by atoms with Gasteiger partial charge >= 0.3 is 0 Å². The van der Waals surface area contributed by atoms with Gasteiger partial charge in [0.15, 0.2) is 0 Å². The maximum Gasteiger partial charge on any atom is 0.260 e. The molecule has 2 aromatic rings. The van der Waals surface area contributed by atoms with Gasteiger partial charge < -0.3 is 9.47 Å². The number of ether oxygens (including phenoxy) is 2. The molecule has 0 aliphatic rings. The molecule has 16 heavy (non-hydrogen) atoms. The summed E-state index contributed by atoms with van der Waals surface area (Å²) in [5.41, 5.74) is 1.70. The molecule has 0 radical (unpaired) electrons. The third kappa shape index (κ3) is 1.82. The van der Waals surface area contributed by atoms with Crippen LogP contribution in [0.5, 0.6) is 11.6 Å². The smallest absolute Gasteiger partial charge is 0.260 e. The minimum atomic E-state index is 0.441. The topological polar surface area (TPSA) is 44.2 Å². The first kappa shape index (κ1) is 10.4. The number of methoxy groups -OCH3 is 2. The third-order valence-electron chi connectivity index (χ3n) is 2.22. The van der Waals surface area contributed by atoms with E-state index in [2.05, 4.69) is 9.97 Å². The molecule has 0 spiro atoms. The summed E-state index contributed by atoms with van der Waals surface area (Å²) in [5.74, 6) is 0.993. The number of benzene rings is 1. The lowest BCUT2D eigenvalue weighted by Crippen LogP contribution is -1.97. The van der Waals surface area contributed by atoms with Crippen molar-refractivity contribution in [3.8, 4) is 22.9 Å². The van der Waals surface area contributed by atoms with Crippen molar-refractivity contribution in [2.24, 2.45) is 0 Å². The van der Waals surface area contributed by atoms with Crippen molar-refractivity contribution >= 4 is 0 Å². The zero-order chi connectivity index (χ0) is 11.4. The Kier molecular flexibility index (Phi) is 3.00. The van der Waals surface area contributed by atoms with Crippen LogP contribution in [-0.4, -0.2) is 24.2 Å². The SMILES string of the molecule is COc1ncnc(-c2ccccc2)c1OC. The first-order valence-corrected chi connectivity index (χ1v) is 4.85. The van der Waals surface area contributed by atoms with Gasteiger partial charge in [0, 0.05) is 5.56 Å². The van der Waals surface area contributed by atoms with Crippen molar-refractivity contribution in [1.29, 1.82) is 0 Å². The van der Waals surface area contributed by atoms with Crippen LogP contribution < -0.4 is 9.47 Å². The Bertz CT molecular complexity index is 472. The normalized spacial score (nSPS) is 9.88. The molecule has 0 N–H and O–H groups in total. The molecule has 1 heterocycles. The summed E-state index contributed by atoms with van der Waals surface area (Å²) < 4.78 is 10.4. The number of hydrogen-bond acceptors (Lipinski definition) is 4. The summed E-state index contributed by atoms with van der Waals surface area (Å²) in [4.78, 5) is 8.21. The third-order valence-corrected chi connectivity index (χ3v) is 2.22. The zero-order valence-corrected chi connectivity index (χ0v) is 9.18. The van der Waals surface area contributed by atoms with Gasteiger partial charge in [0.05, 0.1) is 14.2 Å². The average molecular weight is 216 g/mol. The van der Waals surface area contributed by atoms with Gasteiger partial charge in [-0.25, -0.2) is 4.98 Å². The van der Waals surface area contributed by atoms with E-state index in [0.717, 1.165) is 11.3 Å². The van der Waals surface area contributed by atoms with Crippen molar-refractivity contribution in [2.75, 3.05) is 14.2 Å². The van der Waals surface area contributed by atoms with Crippen LogP contribution in [0.1, 0.15) is 0 Å². The standard InChI is InChI=1S/C12H12N2O2/c1-15-11-10(9-6-4-3-5-7-9)13-8-14-12(11)16-2/h3-8H,1-2H3. The van der Waals surface area contributed by atoms with Crippen molar-refractivity contribution < 1.29 is 9.47 Å². The fourth-order valence-electron chi connectivity index (χ4n) is 1.49. The maximum absolute atomic E-state index is 5.27. The predicted octanol–water partition coefficient (Wildman–Crippen LogP) is 2.16. The van der Waals surface area contributed by atoms with Gasteiger partial charge in [0.25, 0.3) is 5.88 Å². The van der Waals surface area contributed by atoms with Crippen LogP contribution in [0, 0.1) is 0 Å². The second kappa shape index (κ2) is 4.61. The van der Waals surface area contributed by atoms with Gasteiger partial charge in [-0.3, -0.25) is 0 Å². The molecule has 0 saturated heterocycles. The van der Waals surface area contributed by atoms with E-state index in [4.69, 9.17) is 9.47 Å². The summed E-state index contributed by atoms with van der Waals surface area (Å²) >= 11 is 0. The maximum atomic E-state index is 5.27. The van der Waals surface area contributed by atoms with Gasteiger partial charge in [-0.2, -0.15) is 4.98 Å². The predicted molar refractivity (Wildman–Crippen MR) is 60.6 cm³/mol. The Morgan fingerprint density at radius 1 is 0.938 bits per heavy atom. The molecule has 0 saturated carbocycles. The van der Waals surface area contributed by atoms with Crippen molar-refractivity contribution in [3.63, 3.8) is 0 Å². The van der Waals surface area contributed by atoms with E-state index in [1.807, 2.05) is 30.3 Å². The van der Waals surface area contributed by atoms with Crippen LogP contribution in [0.25, 0.3) is 11.3 Å². The number of nitrogens with zero attached hydrogens (tertiary/aromatic N) is 2. The molecule has 82 valence electrons. The molecule has 0 aliphatic heterocycles. The van der Waals surface area contributed by atoms with E-state index in [0.29, 0.717) is 11.6 Å². The first-order valence-electron chi connectivity index (χ1n) is 4.85. The van der Waals surface area contributed by atoms with E-state index in [1.54, 1.807) is 14.2 Å². The molecule has 0 fully saturated rings. The highest BCUT2D eigenvalue weighted by Gasteiger charge is 2.13. The van der Waals surface area contributed by atoms with Crippen LogP contribution in [-0.2, 0) is 0 Å². The molecule has 4 heteroatoms. The monoisotopic (exact) mass is 216 g/mol. The molecule has 0 atom stereocenters. The summed E-state index contributed by atoms with van der Waals surface area (Å²) in [7, 11) is 3.13. The lowest BCUT2D eigenvalue weighted by molar-refractivity contribution is 0.342. The fraction of sp³-hybridized carbons (Fsp3) is 0.167. The van der Waals surface area contributed by atoms with Gasteiger partial charge in [-0.1, -0.05) is 30.3 Å². The Hall–Kier alpha value is -2.10. The number of aromatic nitrogens is 2. The highest BCUT2D eigenvalue weighted by atomic mass is 16.5. The summed E-state index contributed by atoms with van der Waals surface area (Å²) in [6.07, 6.45) is 1.46. The Labute approximate surface area is 93.9 Å². The van der Waals surface area contributed by atoms with Crippen molar-refractivity contribution in [1.82, 2.24) is 9.97 Å². The van der Waals surface area contributed by atoms with Crippen molar-refractivity contribution in [2.45, 2.75) is 0 Å². The van der Waals surface area contributed by atoms with E-state index >= 15 is 0 Å². The molecule has 1 aromatic heterocycles. The Balaban J connectivity index is 2.57. The summed E-state index contributed by atoms with van der Waals surface area (Å²) in [6, 6.07) is 9.77. The zero-order valence-electron chi connectivity index (χ0n) is 9.18. The molecule has 4 nitrogen and oxygen atoms in total. The minimum Gasteiger partial charge on any atom is -0.490 e. The molecular weight excluding hydrogens is 204 g/mol. The molecule has 0 bridgehead atoms. The van der Waals surface area contributed by atoms with Crippen LogP contribution in [0.3, 0.4) is 0 Å². The molecular formula is C12H12N2O2. The van der Waals surface area contributed by atoms with E-state index in [-0.39, 0.29) is 0 Å². The van der Waals surface area contributed by atoms with Gasteiger partial charge in [0.1, 0.15) is 12.0 Å². The van der Waals surface area contributed by atoms with Crippen LogP contribution in [0.4, 0.5) is 0 Å². The highest BCUT2D eigenvalue weighted by molar-refractivity contribution is 5.68. The van der Waals surface area contributed by atoms with E-state index in [9.17, 15) is 0 Å². The molecule has 1 aromatic carbocycles. The molecule has 2 rings (SSSR count). The van der Waals surface area contributed by atoms with Gasteiger partial charge in [-0.15, -0.1) is 0 Å². The summed E-state index contributed by atoms with van der Waals surface area (Å²) in [5, 5.41) is 0. The lowest BCUT2D eigenvalue weighted by atomic mass is 10.1. The van der Waals surface area contributed by atoms with Crippen LogP contribution in [0.2, 0.25) is 0 Å². The minimum absolute atomic E-state index is 0.441. The molecule has 0 amide bonds. The summed E-state index contributed by atoms with van der Waals surface area (Å²) in [6.45, 7) is 0. The van der Waals surface area contributed by atoms with Crippen LogP contribution >= 0.6 is 0 Å². The van der Waals surface area contributed by atoms with Crippen LogP contribution in [0.15, 0.2) is 36.7 Å². The highest BCUT2D eigenvalue weighted by Crippen LogP contribution is 2.33. The largest absolute Gasteiger partial charge is 0.490 e. The Morgan fingerprint density at radius 3 is 2.31 bits per heavy atom. The van der Waals surface area contributed by atoms with Gasteiger partial charge in [-0.05, 0) is 0 Å². The Morgan fingerprint density at radius 2 is 1.69 bits per heavy atom. The first-order chi connectivity index (χ1) is 7.86. The lowest BCUT2D eigenvalue weighted by Gasteiger charge is -2.10. The fourth-order valence-corrected chi connectivity index (χ4v) is 1.49. The van der Waals surface area contributed by atoms with Gasteiger partial charge in [0.2, 0.25) is 5.75 Å². The van der Waals surface area contributed by atoms with E-state index < -0.39 is 0 Å². The second-order valence-corrected chi connectivity index (χ2v) is 3.13.